The number of hydrogen-bond acceptors (Lipinski definition) is 5. The van der Waals surface area contributed by atoms with Gasteiger partial charge in [-0.05, 0) is 25.0 Å². The highest BCUT2D eigenvalue weighted by atomic mass is 32.1. The van der Waals surface area contributed by atoms with Crippen LogP contribution in [-0.4, -0.2) is 37.6 Å². The summed E-state index contributed by atoms with van der Waals surface area (Å²) in [5.74, 6) is 0.203. The Balaban J connectivity index is 1.46. The van der Waals surface area contributed by atoms with E-state index in [4.69, 9.17) is 4.98 Å². The molecule has 3 heterocycles. The molecule has 0 spiro atoms. The molecule has 0 aliphatic heterocycles. The van der Waals surface area contributed by atoms with Gasteiger partial charge in [0.1, 0.15) is 5.01 Å². The van der Waals surface area contributed by atoms with Crippen LogP contribution >= 0.6 is 11.3 Å². The van der Waals surface area contributed by atoms with Gasteiger partial charge in [-0.1, -0.05) is 0 Å². The summed E-state index contributed by atoms with van der Waals surface area (Å²) in [4.78, 5) is 24.9. The van der Waals surface area contributed by atoms with E-state index >= 15 is 0 Å². The van der Waals surface area contributed by atoms with Gasteiger partial charge in [0.2, 0.25) is 5.91 Å². The van der Waals surface area contributed by atoms with E-state index in [0.717, 1.165) is 41.1 Å². The Hall–Kier alpha value is -2.54. The second-order valence-corrected chi connectivity index (χ2v) is 7.86. The highest BCUT2D eigenvalue weighted by Gasteiger charge is 2.29. The lowest BCUT2D eigenvalue weighted by atomic mass is 9.89. The fraction of sp³-hybridized carbons (Fsp3) is 0.368. The van der Waals surface area contributed by atoms with Crippen molar-refractivity contribution in [2.75, 3.05) is 7.05 Å². The van der Waals surface area contributed by atoms with Crippen molar-refractivity contribution in [3.63, 3.8) is 0 Å². The lowest BCUT2D eigenvalue weighted by Gasteiger charge is -2.25. The second kappa shape index (κ2) is 6.99. The van der Waals surface area contributed by atoms with Crippen molar-refractivity contribution in [3.05, 3.63) is 53.1 Å². The average Bonchev–Trinajstić information content (AvgIpc) is 3.27. The molecule has 1 aliphatic carbocycles. The Labute approximate surface area is 156 Å². The zero-order valence-corrected chi connectivity index (χ0v) is 15.7. The number of aryl methyl sites for hydroxylation is 2. The van der Waals surface area contributed by atoms with Gasteiger partial charge in [0, 0.05) is 67.6 Å². The summed E-state index contributed by atoms with van der Waals surface area (Å²) in [6, 6.07) is 3.96. The predicted molar refractivity (Wildman–Crippen MR) is 101 cm³/mol. The van der Waals surface area contributed by atoms with Gasteiger partial charge in [-0.15, -0.1) is 11.3 Å². The molecule has 4 rings (SSSR count). The minimum atomic E-state index is 0.0107. The smallest absolute Gasteiger partial charge is 0.226 e. The summed E-state index contributed by atoms with van der Waals surface area (Å²) >= 11 is 1.74. The summed E-state index contributed by atoms with van der Waals surface area (Å²) < 4.78 is 1.76. The standard InChI is InChI=1S/C19H21N5OS/c1-23(11-13-10-21-24(2)12-13)19(25)15-3-4-17-16(9-15)22-18(26-17)14-5-7-20-8-6-14/h5-8,10,12,15H,3-4,9,11H2,1-2H3. The number of thiazole rings is 1. The lowest BCUT2D eigenvalue weighted by Crippen LogP contribution is -2.35. The summed E-state index contributed by atoms with van der Waals surface area (Å²) in [6.07, 6.45) is 9.88. The topological polar surface area (TPSA) is 63.9 Å². The monoisotopic (exact) mass is 367 g/mol. The fourth-order valence-corrected chi connectivity index (χ4v) is 4.53. The zero-order chi connectivity index (χ0) is 18.1. The van der Waals surface area contributed by atoms with E-state index in [9.17, 15) is 4.79 Å². The van der Waals surface area contributed by atoms with Gasteiger partial charge in [-0.2, -0.15) is 5.10 Å². The summed E-state index contributed by atoms with van der Waals surface area (Å²) in [7, 11) is 3.75. The molecular weight excluding hydrogens is 346 g/mol. The van der Waals surface area contributed by atoms with E-state index in [-0.39, 0.29) is 11.8 Å². The number of pyridine rings is 1. The van der Waals surface area contributed by atoms with E-state index in [1.807, 2.05) is 43.5 Å². The maximum absolute atomic E-state index is 12.9. The first-order valence-corrected chi connectivity index (χ1v) is 9.53. The Kier molecular flexibility index (Phi) is 4.55. The van der Waals surface area contributed by atoms with Crippen LogP contribution < -0.4 is 0 Å². The van der Waals surface area contributed by atoms with E-state index in [0.29, 0.717) is 6.54 Å². The number of carbonyl (C=O) groups excluding carboxylic acids is 1. The zero-order valence-electron chi connectivity index (χ0n) is 14.9. The second-order valence-electron chi connectivity index (χ2n) is 6.78. The number of fused-ring (bicyclic) bond motifs is 1. The van der Waals surface area contributed by atoms with Crippen LogP contribution in [0.3, 0.4) is 0 Å². The number of amides is 1. The van der Waals surface area contributed by atoms with Crippen LogP contribution in [0.25, 0.3) is 10.6 Å². The number of aromatic nitrogens is 4. The molecule has 0 bridgehead atoms. The Bertz CT molecular complexity index is 917. The van der Waals surface area contributed by atoms with Crippen LogP contribution in [0.4, 0.5) is 0 Å². The minimum absolute atomic E-state index is 0.0107. The van der Waals surface area contributed by atoms with Gasteiger partial charge in [0.15, 0.2) is 0 Å². The highest BCUT2D eigenvalue weighted by Crippen LogP contribution is 2.34. The molecule has 1 atom stereocenters. The molecule has 1 amide bonds. The van der Waals surface area contributed by atoms with Crippen LogP contribution in [0.2, 0.25) is 0 Å². The molecule has 0 radical (unpaired) electrons. The number of carbonyl (C=O) groups is 1. The summed E-state index contributed by atoms with van der Waals surface area (Å²) in [5.41, 5.74) is 3.23. The highest BCUT2D eigenvalue weighted by molar-refractivity contribution is 7.15. The minimum Gasteiger partial charge on any atom is -0.341 e. The van der Waals surface area contributed by atoms with Crippen molar-refractivity contribution < 1.29 is 4.79 Å². The van der Waals surface area contributed by atoms with Crippen molar-refractivity contribution in [3.8, 4) is 10.6 Å². The molecule has 7 heteroatoms. The predicted octanol–water partition coefficient (Wildman–Crippen LogP) is 2.70. The molecular formula is C19H21N5OS. The normalized spacial score (nSPS) is 16.3. The summed E-state index contributed by atoms with van der Waals surface area (Å²) in [6.45, 7) is 0.593. The van der Waals surface area contributed by atoms with Gasteiger partial charge in [0.25, 0.3) is 0 Å². The molecule has 134 valence electrons. The SMILES string of the molecule is CN(Cc1cnn(C)c1)C(=O)C1CCc2sc(-c3ccncc3)nc2C1. The molecule has 3 aromatic rings. The maximum Gasteiger partial charge on any atom is 0.226 e. The van der Waals surface area contributed by atoms with Crippen molar-refractivity contribution in [2.24, 2.45) is 13.0 Å². The molecule has 0 fully saturated rings. The van der Waals surface area contributed by atoms with Crippen molar-refractivity contribution in [1.29, 1.82) is 0 Å². The summed E-state index contributed by atoms with van der Waals surface area (Å²) in [5, 5.41) is 5.19. The van der Waals surface area contributed by atoms with Gasteiger partial charge < -0.3 is 4.90 Å². The van der Waals surface area contributed by atoms with Crippen molar-refractivity contribution in [1.82, 2.24) is 24.6 Å². The first kappa shape index (κ1) is 16.9. The molecule has 3 aromatic heterocycles. The fourth-order valence-electron chi connectivity index (χ4n) is 3.42. The lowest BCUT2D eigenvalue weighted by molar-refractivity contribution is -0.135. The average molecular weight is 367 g/mol. The van der Waals surface area contributed by atoms with Crippen LogP contribution in [0, 0.1) is 5.92 Å². The third-order valence-electron chi connectivity index (χ3n) is 4.77. The van der Waals surface area contributed by atoms with E-state index in [2.05, 4.69) is 10.1 Å². The molecule has 0 saturated heterocycles. The molecule has 0 saturated carbocycles. The van der Waals surface area contributed by atoms with Crippen LogP contribution in [0.15, 0.2) is 36.9 Å². The van der Waals surface area contributed by atoms with Gasteiger partial charge in [-0.3, -0.25) is 14.5 Å². The maximum atomic E-state index is 12.9. The molecule has 26 heavy (non-hydrogen) atoms. The Morgan fingerprint density at radius 2 is 2.19 bits per heavy atom. The van der Waals surface area contributed by atoms with Crippen LogP contribution in [0.1, 0.15) is 22.6 Å². The van der Waals surface area contributed by atoms with Crippen LogP contribution in [0.5, 0.6) is 0 Å². The van der Waals surface area contributed by atoms with Crippen molar-refractivity contribution >= 4 is 17.2 Å². The molecule has 1 aliphatic rings. The Morgan fingerprint density at radius 1 is 1.38 bits per heavy atom. The van der Waals surface area contributed by atoms with Crippen LogP contribution in [-0.2, 0) is 31.2 Å². The van der Waals surface area contributed by atoms with E-state index in [1.54, 1.807) is 28.4 Å². The number of nitrogens with zero attached hydrogens (tertiary/aromatic N) is 5. The molecule has 0 aromatic carbocycles. The first-order valence-electron chi connectivity index (χ1n) is 8.71. The van der Waals surface area contributed by atoms with Gasteiger partial charge in [-0.25, -0.2) is 4.98 Å². The quantitative estimate of drug-likeness (QED) is 0.711. The Morgan fingerprint density at radius 3 is 2.92 bits per heavy atom. The van der Waals surface area contributed by atoms with Crippen molar-refractivity contribution in [2.45, 2.75) is 25.8 Å². The third-order valence-corrected chi connectivity index (χ3v) is 5.98. The molecule has 0 N–H and O–H groups in total. The van der Waals surface area contributed by atoms with E-state index in [1.165, 1.54) is 4.88 Å². The first-order chi connectivity index (χ1) is 12.6. The van der Waals surface area contributed by atoms with Gasteiger partial charge >= 0.3 is 0 Å². The van der Waals surface area contributed by atoms with E-state index < -0.39 is 0 Å². The number of hydrogen-bond donors (Lipinski definition) is 0. The van der Waals surface area contributed by atoms with Gasteiger partial charge in [0.05, 0.1) is 11.9 Å². The third kappa shape index (κ3) is 3.39. The molecule has 6 nitrogen and oxygen atoms in total. The largest absolute Gasteiger partial charge is 0.341 e. The molecule has 1 unspecified atom stereocenters. The number of rotatable bonds is 4.